The molecule has 2 aromatic carbocycles. The maximum atomic E-state index is 6.62. The first kappa shape index (κ1) is 15.4. The van der Waals surface area contributed by atoms with Crippen molar-refractivity contribution in [3.63, 3.8) is 0 Å². The molecule has 0 fully saturated rings. The Labute approximate surface area is 140 Å². The van der Waals surface area contributed by atoms with Crippen LogP contribution in [0.1, 0.15) is 27.6 Å². The number of alkyl halides is 1. The highest BCUT2D eigenvalue weighted by Crippen LogP contribution is 2.36. The molecule has 2 aromatic rings. The molecule has 0 nitrogen and oxygen atoms in total. The predicted octanol–water partition coefficient (Wildman–Crippen LogP) is 6.81. The first-order valence-corrected chi connectivity index (χ1v) is 8.15. The number of benzene rings is 2. The van der Waals surface area contributed by atoms with Gasteiger partial charge in [-0.1, -0.05) is 49.5 Å². The molecule has 0 saturated carbocycles. The molecule has 0 radical (unpaired) electrons. The number of hydrogen-bond donors (Lipinski definition) is 0. The number of aryl methyl sites for hydroxylation is 2. The Hall–Kier alpha value is -0.0200. The largest absolute Gasteiger partial charge is 0.113 e. The monoisotopic (exact) mass is 420 g/mol. The second-order valence-electron chi connectivity index (χ2n) is 4.52. The summed E-state index contributed by atoms with van der Waals surface area (Å²) in [7, 11) is 0. The molecular formula is C15H12Br2Cl2. The molecule has 19 heavy (non-hydrogen) atoms. The third kappa shape index (κ3) is 3.55. The summed E-state index contributed by atoms with van der Waals surface area (Å²) in [5.41, 5.74) is 4.29. The molecule has 0 bridgehead atoms. The number of rotatable bonds is 2. The third-order valence-electron chi connectivity index (χ3n) is 3.00. The van der Waals surface area contributed by atoms with Crippen LogP contribution >= 0.6 is 55.1 Å². The fraction of sp³-hybridized carbons (Fsp3) is 0.200. The van der Waals surface area contributed by atoms with Crippen molar-refractivity contribution in [2.24, 2.45) is 0 Å². The number of halogens is 4. The molecule has 1 unspecified atom stereocenters. The summed E-state index contributed by atoms with van der Waals surface area (Å²) in [5.74, 6) is 0. The van der Waals surface area contributed by atoms with Crippen molar-refractivity contribution in [2.45, 2.75) is 19.2 Å². The third-order valence-corrected chi connectivity index (χ3v) is 4.81. The second kappa shape index (κ2) is 6.17. The summed E-state index contributed by atoms with van der Waals surface area (Å²) < 4.78 is 2.01. The quantitative estimate of drug-likeness (QED) is 0.466. The van der Waals surface area contributed by atoms with Crippen LogP contribution in [0.2, 0.25) is 5.02 Å². The van der Waals surface area contributed by atoms with Gasteiger partial charge in [0.05, 0.1) is 5.38 Å². The van der Waals surface area contributed by atoms with E-state index in [1.165, 1.54) is 0 Å². The van der Waals surface area contributed by atoms with Crippen LogP contribution in [0.15, 0.2) is 39.3 Å². The van der Waals surface area contributed by atoms with Crippen LogP contribution in [-0.4, -0.2) is 0 Å². The van der Waals surface area contributed by atoms with Crippen LogP contribution in [-0.2, 0) is 0 Å². The van der Waals surface area contributed by atoms with E-state index in [0.29, 0.717) is 0 Å². The Kier molecular flexibility index (Phi) is 4.99. The van der Waals surface area contributed by atoms with Gasteiger partial charge in [-0.15, -0.1) is 11.6 Å². The zero-order valence-electron chi connectivity index (χ0n) is 10.5. The molecule has 0 saturated heterocycles. The molecule has 0 aliphatic rings. The summed E-state index contributed by atoms with van der Waals surface area (Å²) in [6.45, 7) is 4.02. The van der Waals surface area contributed by atoms with Gasteiger partial charge < -0.3 is 0 Å². The summed E-state index contributed by atoms with van der Waals surface area (Å²) in [5, 5.41) is 0.588. The minimum Gasteiger partial charge on any atom is -0.113 e. The molecule has 0 aromatic heterocycles. The Bertz CT molecular complexity index is 604. The normalized spacial score (nSPS) is 12.5. The summed E-state index contributed by atoms with van der Waals surface area (Å²) in [6.07, 6.45) is 0. The molecule has 0 aliphatic heterocycles. The van der Waals surface area contributed by atoms with Crippen molar-refractivity contribution in [3.8, 4) is 0 Å². The Balaban J connectivity index is 2.49. The van der Waals surface area contributed by atoms with Crippen molar-refractivity contribution in [3.05, 3.63) is 66.6 Å². The second-order valence-corrected chi connectivity index (χ2v) is 7.20. The van der Waals surface area contributed by atoms with Gasteiger partial charge in [0, 0.05) is 14.0 Å². The lowest BCUT2D eigenvalue weighted by molar-refractivity contribution is 1.10. The van der Waals surface area contributed by atoms with Gasteiger partial charge in [-0.3, -0.25) is 0 Å². The lowest BCUT2D eigenvalue weighted by atomic mass is 9.98. The average Bonchev–Trinajstić information content (AvgIpc) is 2.31. The fourth-order valence-electron chi connectivity index (χ4n) is 1.98. The molecular weight excluding hydrogens is 411 g/mol. The lowest BCUT2D eigenvalue weighted by Gasteiger charge is -2.16. The highest BCUT2D eigenvalue weighted by Gasteiger charge is 2.15. The van der Waals surface area contributed by atoms with Crippen LogP contribution < -0.4 is 0 Å². The zero-order chi connectivity index (χ0) is 14.2. The molecule has 100 valence electrons. The standard InChI is InChI=1S/C15H12Br2Cl2/c1-8-4-14(18)9(2)3-13(8)15(19)10-5-11(16)7-12(17)6-10/h3-7,15H,1-2H3. The van der Waals surface area contributed by atoms with Gasteiger partial charge in [0.15, 0.2) is 0 Å². The molecule has 4 heteroatoms. The molecule has 1 atom stereocenters. The molecule has 0 amide bonds. The zero-order valence-corrected chi connectivity index (χ0v) is 15.2. The van der Waals surface area contributed by atoms with E-state index in [0.717, 1.165) is 36.2 Å². The SMILES string of the molecule is Cc1cc(C(Cl)c2cc(Br)cc(Br)c2)c(C)cc1Cl. The van der Waals surface area contributed by atoms with E-state index in [2.05, 4.69) is 37.9 Å². The molecule has 2 rings (SSSR count). The summed E-state index contributed by atoms with van der Waals surface area (Å²) >= 11 is 19.7. The van der Waals surface area contributed by atoms with E-state index in [1.807, 2.05) is 38.1 Å². The highest BCUT2D eigenvalue weighted by atomic mass is 79.9. The summed E-state index contributed by atoms with van der Waals surface area (Å²) in [4.78, 5) is 0. The topological polar surface area (TPSA) is 0 Å². The minimum absolute atomic E-state index is 0.190. The molecule has 0 spiro atoms. The number of hydrogen-bond acceptors (Lipinski definition) is 0. The van der Waals surface area contributed by atoms with Gasteiger partial charge >= 0.3 is 0 Å². The maximum absolute atomic E-state index is 6.62. The van der Waals surface area contributed by atoms with Crippen molar-refractivity contribution >= 4 is 55.1 Å². The van der Waals surface area contributed by atoms with Crippen molar-refractivity contribution in [1.29, 1.82) is 0 Å². The first-order valence-electron chi connectivity index (χ1n) is 5.75. The van der Waals surface area contributed by atoms with Crippen LogP contribution in [0, 0.1) is 13.8 Å². The Morgan fingerprint density at radius 2 is 1.47 bits per heavy atom. The van der Waals surface area contributed by atoms with E-state index in [-0.39, 0.29) is 5.38 Å². The van der Waals surface area contributed by atoms with Gasteiger partial charge in [0.2, 0.25) is 0 Å². The van der Waals surface area contributed by atoms with Crippen LogP contribution in [0.4, 0.5) is 0 Å². The fourth-order valence-corrected chi connectivity index (χ4v) is 3.89. The van der Waals surface area contributed by atoms with Gasteiger partial charge in [0.1, 0.15) is 0 Å². The first-order chi connectivity index (χ1) is 8.88. The van der Waals surface area contributed by atoms with E-state index in [9.17, 15) is 0 Å². The van der Waals surface area contributed by atoms with Crippen molar-refractivity contribution in [1.82, 2.24) is 0 Å². The van der Waals surface area contributed by atoms with Crippen LogP contribution in [0.25, 0.3) is 0 Å². The van der Waals surface area contributed by atoms with E-state index in [1.54, 1.807) is 0 Å². The van der Waals surface area contributed by atoms with E-state index < -0.39 is 0 Å². The van der Waals surface area contributed by atoms with Gasteiger partial charge in [-0.25, -0.2) is 0 Å². The Morgan fingerprint density at radius 3 is 2.05 bits per heavy atom. The smallest absolute Gasteiger partial charge is 0.0838 e. The van der Waals surface area contributed by atoms with E-state index in [4.69, 9.17) is 23.2 Å². The lowest BCUT2D eigenvalue weighted by Crippen LogP contribution is -1.98. The predicted molar refractivity (Wildman–Crippen MR) is 90.5 cm³/mol. The average molecular weight is 423 g/mol. The minimum atomic E-state index is -0.190. The van der Waals surface area contributed by atoms with Gasteiger partial charge in [0.25, 0.3) is 0 Å². The van der Waals surface area contributed by atoms with Gasteiger partial charge in [-0.05, 0) is 60.4 Å². The molecule has 0 N–H and O–H groups in total. The van der Waals surface area contributed by atoms with Crippen molar-refractivity contribution in [2.75, 3.05) is 0 Å². The van der Waals surface area contributed by atoms with Crippen LogP contribution in [0.5, 0.6) is 0 Å². The van der Waals surface area contributed by atoms with Crippen LogP contribution in [0.3, 0.4) is 0 Å². The maximum Gasteiger partial charge on any atom is 0.0838 e. The van der Waals surface area contributed by atoms with Gasteiger partial charge in [-0.2, -0.15) is 0 Å². The Morgan fingerprint density at radius 1 is 0.895 bits per heavy atom. The highest BCUT2D eigenvalue weighted by molar-refractivity contribution is 9.11. The summed E-state index contributed by atoms with van der Waals surface area (Å²) in [6, 6.07) is 10.1. The van der Waals surface area contributed by atoms with E-state index >= 15 is 0 Å². The molecule has 0 heterocycles. The van der Waals surface area contributed by atoms with Crippen molar-refractivity contribution < 1.29 is 0 Å². The molecule has 0 aliphatic carbocycles.